The van der Waals surface area contributed by atoms with Crippen molar-refractivity contribution in [3.05, 3.63) is 41.9 Å². The number of hydrogen-bond donors (Lipinski definition) is 2. The van der Waals surface area contributed by atoms with Crippen molar-refractivity contribution in [1.82, 2.24) is 20.5 Å². The molecule has 0 saturated carbocycles. The number of aromatic carboxylic acids is 1. The average molecular weight is 290 g/mol. The monoisotopic (exact) mass is 290 g/mol. The van der Waals surface area contributed by atoms with Crippen molar-refractivity contribution in [2.45, 2.75) is 9.92 Å². The highest BCUT2D eigenvalue weighted by molar-refractivity contribution is 7.99. The first-order chi connectivity index (χ1) is 9.60. The number of carbonyl (C=O) groups excluding carboxylic acids is 1. The molecule has 0 radical (unpaired) electrons. The van der Waals surface area contributed by atoms with Gasteiger partial charge in [-0.3, -0.25) is 4.79 Å². The molecule has 7 nitrogen and oxygen atoms in total. The molecule has 2 N–H and O–H groups in total. The van der Waals surface area contributed by atoms with Crippen molar-refractivity contribution in [1.29, 1.82) is 0 Å². The van der Waals surface area contributed by atoms with Crippen LogP contribution < -0.4 is 5.32 Å². The molecule has 8 heteroatoms. The van der Waals surface area contributed by atoms with Crippen LogP contribution in [0, 0.1) is 0 Å². The van der Waals surface area contributed by atoms with E-state index in [0.29, 0.717) is 9.92 Å². The highest BCUT2D eigenvalue weighted by atomic mass is 32.2. The van der Waals surface area contributed by atoms with Gasteiger partial charge in [0, 0.05) is 18.1 Å². The Balaban J connectivity index is 2.16. The van der Waals surface area contributed by atoms with Gasteiger partial charge in [0.25, 0.3) is 5.91 Å². The molecule has 0 fully saturated rings. The summed E-state index contributed by atoms with van der Waals surface area (Å²) in [7, 11) is 1.51. The predicted molar refractivity (Wildman–Crippen MR) is 70.7 cm³/mol. The Kier molecular flexibility index (Phi) is 4.26. The van der Waals surface area contributed by atoms with Crippen LogP contribution in [0.25, 0.3) is 0 Å². The van der Waals surface area contributed by atoms with Crippen molar-refractivity contribution >= 4 is 23.6 Å². The summed E-state index contributed by atoms with van der Waals surface area (Å²) >= 11 is 1.24. The first kappa shape index (κ1) is 13.9. The number of rotatable bonds is 4. The highest BCUT2D eigenvalue weighted by Crippen LogP contribution is 2.25. The van der Waals surface area contributed by atoms with Crippen molar-refractivity contribution in [2.24, 2.45) is 0 Å². The number of pyridine rings is 1. The zero-order valence-corrected chi connectivity index (χ0v) is 11.2. The molecule has 2 heterocycles. The van der Waals surface area contributed by atoms with Crippen LogP contribution in [-0.2, 0) is 0 Å². The van der Waals surface area contributed by atoms with E-state index in [0.717, 1.165) is 0 Å². The zero-order chi connectivity index (χ0) is 14.5. The van der Waals surface area contributed by atoms with E-state index in [2.05, 4.69) is 20.5 Å². The van der Waals surface area contributed by atoms with Gasteiger partial charge < -0.3 is 10.4 Å². The summed E-state index contributed by atoms with van der Waals surface area (Å²) in [5, 5.41) is 19.6. The Morgan fingerprint density at radius 1 is 1.20 bits per heavy atom. The Labute approximate surface area is 118 Å². The number of aromatic nitrogens is 3. The molecule has 0 saturated heterocycles. The molecule has 102 valence electrons. The van der Waals surface area contributed by atoms with E-state index in [1.165, 1.54) is 31.1 Å². The summed E-state index contributed by atoms with van der Waals surface area (Å²) in [5.41, 5.74) is 0.183. The smallest absolute Gasteiger partial charge is 0.354 e. The number of carbonyl (C=O) groups is 2. The van der Waals surface area contributed by atoms with Crippen LogP contribution in [0.1, 0.15) is 21.0 Å². The van der Waals surface area contributed by atoms with Crippen LogP contribution in [-0.4, -0.2) is 39.2 Å². The Morgan fingerprint density at radius 2 is 2.00 bits per heavy atom. The lowest BCUT2D eigenvalue weighted by molar-refractivity contribution is 0.0690. The molecule has 0 spiro atoms. The van der Waals surface area contributed by atoms with Gasteiger partial charge >= 0.3 is 5.97 Å². The van der Waals surface area contributed by atoms with Gasteiger partial charge in [0.15, 0.2) is 5.69 Å². The Hall–Kier alpha value is -2.48. The van der Waals surface area contributed by atoms with Crippen LogP contribution in [0.3, 0.4) is 0 Å². The molecule has 0 aliphatic carbocycles. The maximum Gasteiger partial charge on any atom is 0.354 e. The SMILES string of the molecule is CNC(=O)c1ccc(Sc2ccnc(C(=O)O)c2)nn1. The van der Waals surface area contributed by atoms with Crippen LogP contribution in [0.15, 0.2) is 40.4 Å². The Bertz CT molecular complexity index is 645. The average Bonchev–Trinajstić information content (AvgIpc) is 2.47. The molecular formula is C12H10N4O3S. The van der Waals surface area contributed by atoms with Crippen molar-refractivity contribution in [3.8, 4) is 0 Å². The van der Waals surface area contributed by atoms with Crippen molar-refractivity contribution in [3.63, 3.8) is 0 Å². The third-order valence-corrected chi connectivity index (χ3v) is 3.19. The minimum absolute atomic E-state index is 0.0371. The van der Waals surface area contributed by atoms with E-state index >= 15 is 0 Å². The molecule has 1 amide bonds. The fourth-order valence-corrected chi connectivity index (χ4v) is 2.09. The van der Waals surface area contributed by atoms with Gasteiger partial charge in [-0.05, 0) is 24.3 Å². The molecule has 20 heavy (non-hydrogen) atoms. The van der Waals surface area contributed by atoms with Crippen molar-refractivity contribution < 1.29 is 14.7 Å². The predicted octanol–water partition coefficient (Wildman–Crippen LogP) is 1.08. The van der Waals surface area contributed by atoms with Crippen LogP contribution >= 0.6 is 11.8 Å². The first-order valence-electron chi connectivity index (χ1n) is 5.53. The van der Waals surface area contributed by atoms with Crippen LogP contribution in [0.5, 0.6) is 0 Å². The minimum atomic E-state index is -1.09. The number of nitrogens with zero attached hydrogens (tertiary/aromatic N) is 3. The highest BCUT2D eigenvalue weighted by Gasteiger charge is 2.08. The number of carboxylic acids is 1. The topological polar surface area (TPSA) is 105 Å². The van der Waals surface area contributed by atoms with E-state index in [9.17, 15) is 9.59 Å². The second-order valence-electron chi connectivity index (χ2n) is 3.62. The van der Waals surface area contributed by atoms with Gasteiger partial charge in [0.1, 0.15) is 10.7 Å². The summed E-state index contributed by atoms with van der Waals surface area (Å²) in [6, 6.07) is 6.31. The third kappa shape index (κ3) is 3.29. The number of amides is 1. The van der Waals surface area contributed by atoms with Crippen molar-refractivity contribution in [2.75, 3.05) is 7.05 Å². The maximum absolute atomic E-state index is 11.3. The lowest BCUT2D eigenvalue weighted by Gasteiger charge is -2.02. The quantitative estimate of drug-likeness (QED) is 0.868. The van der Waals surface area contributed by atoms with Crippen LogP contribution in [0.4, 0.5) is 0 Å². The normalized spacial score (nSPS) is 10.1. The summed E-state index contributed by atoms with van der Waals surface area (Å²) in [6.45, 7) is 0. The molecule has 2 aromatic rings. The summed E-state index contributed by atoms with van der Waals surface area (Å²) in [5.74, 6) is -1.40. The molecule has 2 rings (SSSR count). The van der Waals surface area contributed by atoms with E-state index in [-0.39, 0.29) is 17.3 Å². The number of nitrogens with one attached hydrogen (secondary N) is 1. The molecule has 0 atom stereocenters. The first-order valence-corrected chi connectivity index (χ1v) is 6.35. The van der Waals surface area contributed by atoms with E-state index in [4.69, 9.17) is 5.11 Å². The van der Waals surface area contributed by atoms with Gasteiger partial charge in [0.05, 0.1) is 0 Å². The van der Waals surface area contributed by atoms with E-state index < -0.39 is 5.97 Å². The second-order valence-corrected chi connectivity index (χ2v) is 4.71. The maximum atomic E-state index is 11.3. The second kappa shape index (κ2) is 6.11. The molecule has 0 bridgehead atoms. The summed E-state index contributed by atoms with van der Waals surface area (Å²) in [4.78, 5) is 26.5. The van der Waals surface area contributed by atoms with E-state index in [1.54, 1.807) is 18.2 Å². The third-order valence-electron chi connectivity index (χ3n) is 2.27. The lowest BCUT2D eigenvalue weighted by Crippen LogP contribution is -2.19. The Morgan fingerprint density at radius 3 is 2.60 bits per heavy atom. The van der Waals surface area contributed by atoms with Gasteiger partial charge in [0.2, 0.25) is 0 Å². The standard InChI is InChI=1S/C12H10N4O3S/c1-13-11(17)8-2-3-10(16-15-8)20-7-4-5-14-9(6-7)12(18)19/h2-6H,1H3,(H,13,17)(H,18,19). The van der Waals surface area contributed by atoms with Gasteiger partial charge in [-0.1, -0.05) is 11.8 Å². The summed E-state index contributed by atoms with van der Waals surface area (Å²) in [6.07, 6.45) is 1.41. The number of carboxylic acid groups (broad SMARTS) is 1. The molecule has 0 aromatic carbocycles. The van der Waals surface area contributed by atoms with Gasteiger partial charge in [-0.25, -0.2) is 9.78 Å². The fourth-order valence-electron chi connectivity index (χ4n) is 1.34. The number of hydrogen-bond acceptors (Lipinski definition) is 6. The summed E-state index contributed by atoms with van der Waals surface area (Å²) < 4.78 is 0. The molecular weight excluding hydrogens is 280 g/mol. The molecule has 2 aromatic heterocycles. The fraction of sp³-hybridized carbons (Fsp3) is 0.0833. The minimum Gasteiger partial charge on any atom is -0.477 e. The molecule has 0 aliphatic heterocycles. The van der Waals surface area contributed by atoms with E-state index in [1.807, 2.05) is 0 Å². The van der Waals surface area contributed by atoms with Gasteiger partial charge in [-0.2, -0.15) is 0 Å². The largest absolute Gasteiger partial charge is 0.477 e. The molecule has 0 aliphatic rings. The van der Waals surface area contributed by atoms with Gasteiger partial charge in [-0.15, -0.1) is 10.2 Å². The lowest BCUT2D eigenvalue weighted by atomic mass is 10.3. The zero-order valence-electron chi connectivity index (χ0n) is 10.4. The molecule has 0 unspecified atom stereocenters. The van der Waals surface area contributed by atoms with Crippen LogP contribution in [0.2, 0.25) is 0 Å².